The van der Waals surface area contributed by atoms with Gasteiger partial charge in [0.15, 0.2) is 0 Å². The summed E-state index contributed by atoms with van der Waals surface area (Å²) in [6.45, 7) is 0. The summed E-state index contributed by atoms with van der Waals surface area (Å²) in [5.41, 5.74) is 1.30. The Balaban J connectivity index is 0.00000240. The first kappa shape index (κ1) is 21.3. The topological polar surface area (TPSA) is 9.23 Å². The van der Waals surface area contributed by atoms with Crippen LogP contribution in [0.2, 0.25) is 0 Å². The molecule has 29 heavy (non-hydrogen) atoms. The molecule has 0 aliphatic rings. The third-order valence-corrected chi connectivity index (χ3v) is 9.52. The van der Waals surface area contributed by atoms with Crippen molar-refractivity contribution in [3.05, 3.63) is 121 Å². The van der Waals surface area contributed by atoms with E-state index in [-0.39, 0.29) is 17.0 Å². The van der Waals surface area contributed by atoms with E-state index < -0.39 is 7.26 Å². The minimum Gasteiger partial charge on any atom is -1.00 e. The molecule has 0 heterocycles. The van der Waals surface area contributed by atoms with Gasteiger partial charge >= 0.3 is 0 Å². The van der Waals surface area contributed by atoms with Gasteiger partial charge in [0.05, 0.1) is 13.3 Å². The fourth-order valence-electron chi connectivity index (χ4n) is 3.81. The van der Waals surface area contributed by atoms with Gasteiger partial charge in [-0.25, -0.2) is 0 Å². The van der Waals surface area contributed by atoms with Crippen LogP contribution in [0.25, 0.3) is 0 Å². The number of methoxy groups -OCH3 is 1. The number of benzene rings is 4. The molecule has 0 amide bonds. The predicted octanol–water partition coefficient (Wildman–Crippen LogP) is 2.19. The molecule has 3 heteroatoms. The second-order valence-corrected chi connectivity index (χ2v) is 10.3. The summed E-state index contributed by atoms with van der Waals surface area (Å²) in [7, 11) is -0.132. The van der Waals surface area contributed by atoms with Crippen molar-refractivity contribution < 1.29 is 21.7 Å². The molecule has 1 nitrogen and oxygen atoms in total. The molecule has 0 aromatic heterocycles. The third-order valence-electron chi connectivity index (χ3n) is 5.14. The molecule has 4 aromatic rings. The predicted molar refractivity (Wildman–Crippen MR) is 122 cm³/mol. The fourth-order valence-corrected chi connectivity index (χ4v) is 8.04. The minimum absolute atomic E-state index is 0. The molecule has 0 bridgehead atoms. The highest BCUT2D eigenvalue weighted by Crippen LogP contribution is 2.58. The summed E-state index contributed by atoms with van der Waals surface area (Å²) in [6.07, 6.45) is 0.961. The monoisotopic (exact) mass is 462 g/mol. The molecule has 0 radical (unpaired) electrons. The van der Waals surface area contributed by atoms with Crippen molar-refractivity contribution in [2.75, 3.05) is 7.11 Å². The van der Waals surface area contributed by atoms with E-state index in [9.17, 15) is 0 Å². The molecule has 0 aliphatic carbocycles. The Bertz CT molecular complexity index is 923. The SMILES string of the molecule is COc1cccc(C[P+](c2ccccc2)(c2ccccc2)c2ccccc2)c1.[Br-]. The molecule has 0 aliphatic heterocycles. The average Bonchev–Trinajstić information content (AvgIpc) is 2.79. The first-order chi connectivity index (χ1) is 13.8. The first-order valence-electron chi connectivity index (χ1n) is 9.51. The molecular formula is C26H24BrOP. The van der Waals surface area contributed by atoms with Gasteiger partial charge in [0, 0.05) is 0 Å². The van der Waals surface area contributed by atoms with Gasteiger partial charge in [0.1, 0.15) is 28.9 Å². The van der Waals surface area contributed by atoms with Crippen molar-refractivity contribution in [2.24, 2.45) is 0 Å². The van der Waals surface area contributed by atoms with Crippen LogP contribution in [-0.2, 0) is 6.16 Å². The van der Waals surface area contributed by atoms with Crippen LogP contribution < -0.4 is 37.6 Å². The number of halogens is 1. The van der Waals surface area contributed by atoms with E-state index in [1.54, 1.807) is 7.11 Å². The largest absolute Gasteiger partial charge is 1.00 e. The lowest BCUT2D eigenvalue weighted by Gasteiger charge is -2.28. The Morgan fingerprint density at radius 1 is 0.586 bits per heavy atom. The van der Waals surface area contributed by atoms with E-state index in [4.69, 9.17) is 4.74 Å². The molecule has 4 rings (SSSR count). The highest BCUT2D eigenvalue weighted by atomic mass is 79.9. The summed E-state index contributed by atoms with van der Waals surface area (Å²) >= 11 is 0. The highest BCUT2D eigenvalue weighted by molar-refractivity contribution is 7.95. The summed E-state index contributed by atoms with van der Waals surface area (Å²) in [5.74, 6) is 0.907. The van der Waals surface area contributed by atoms with E-state index in [0.717, 1.165) is 11.9 Å². The van der Waals surface area contributed by atoms with Crippen LogP contribution in [0.1, 0.15) is 5.56 Å². The molecule has 0 spiro atoms. The smallest absolute Gasteiger partial charge is 0.119 e. The third kappa shape index (κ3) is 4.45. The van der Waals surface area contributed by atoms with Crippen molar-refractivity contribution in [3.63, 3.8) is 0 Å². The molecule has 0 saturated carbocycles. The zero-order chi connectivity index (χ0) is 19.2. The lowest BCUT2D eigenvalue weighted by atomic mass is 10.2. The van der Waals surface area contributed by atoms with Gasteiger partial charge in [-0.1, -0.05) is 66.7 Å². The maximum Gasteiger partial charge on any atom is 0.119 e. The van der Waals surface area contributed by atoms with Crippen molar-refractivity contribution in [1.82, 2.24) is 0 Å². The van der Waals surface area contributed by atoms with Crippen LogP contribution in [0.15, 0.2) is 115 Å². The first-order valence-corrected chi connectivity index (χ1v) is 11.5. The van der Waals surface area contributed by atoms with Gasteiger partial charge in [-0.2, -0.15) is 0 Å². The molecule has 4 aromatic carbocycles. The highest BCUT2D eigenvalue weighted by Gasteiger charge is 2.45. The molecular weight excluding hydrogens is 439 g/mol. The van der Waals surface area contributed by atoms with Crippen LogP contribution in [-0.4, -0.2) is 7.11 Å². The Kier molecular flexibility index (Phi) is 7.25. The summed E-state index contributed by atoms with van der Waals surface area (Å²) in [5, 5.41) is 4.20. The van der Waals surface area contributed by atoms with Gasteiger partial charge in [-0.3, -0.25) is 0 Å². The second-order valence-electron chi connectivity index (χ2n) is 6.83. The summed E-state index contributed by atoms with van der Waals surface area (Å²) in [6, 6.07) is 41.4. The Labute approximate surface area is 184 Å². The van der Waals surface area contributed by atoms with E-state index in [1.807, 2.05) is 6.07 Å². The van der Waals surface area contributed by atoms with E-state index >= 15 is 0 Å². The van der Waals surface area contributed by atoms with Crippen molar-refractivity contribution in [1.29, 1.82) is 0 Å². The van der Waals surface area contributed by atoms with Crippen LogP contribution in [0.3, 0.4) is 0 Å². The molecule has 0 atom stereocenters. The van der Waals surface area contributed by atoms with Crippen LogP contribution in [0.4, 0.5) is 0 Å². The molecule has 146 valence electrons. The van der Waals surface area contributed by atoms with Gasteiger partial charge in [0.2, 0.25) is 0 Å². The zero-order valence-corrected chi connectivity index (χ0v) is 18.9. The Morgan fingerprint density at radius 3 is 1.45 bits per heavy atom. The van der Waals surface area contributed by atoms with Gasteiger partial charge in [-0.05, 0) is 54.1 Å². The normalized spacial score (nSPS) is 10.8. The molecule has 0 N–H and O–H groups in total. The van der Waals surface area contributed by atoms with Crippen LogP contribution >= 0.6 is 7.26 Å². The lowest BCUT2D eigenvalue weighted by Crippen LogP contribution is -3.00. The fraction of sp³-hybridized carbons (Fsp3) is 0.0769. The summed E-state index contributed by atoms with van der Waals surface area (Å²) < 4.78 is 5.50. The van der Waals surface area contributed by atoms with Crippen molar-refractivity contribution >= 4 is 23.2 Å². The standard InChI is InChI=1S/C26H24OP.BrH/c1-27-23-13-11-12-22(20-23)21-28(24-14-5-2-6-15-24,25-16-7-3-8-17-25)26-18-9-4-10-19-26;/h2-20H,21H2,1H3;1H/q+1;/p-1. The van der Waals surface area contributed by atoms with Crippen LogP contribution in [0.5, 0.6) is 5.75 Å². The quantitative estimate of drug-likeness (QED) is 0.399. The molecule has 0 fully saturated rings. The number of hydrogen-bond acceptors (Lipinski definition) is 1. The minimum atomic E-state index is -1.86. The Hall–Kier alpha value is -2.41. The summed E-state index contributed by atoms with van der Waals surface area (Å²) in [4.78, 5) is 0. The Morgan fingerprint density at radius 2 is 1.03 bits per heavy atom. The number of rotatable bonds is 6. The van der Waals surface area contributed by atoms with Crippen LogP contribution in [0, 0.1) is 0 Å². The maximum atomic E-state index is 5.50. The average molecular weight is 463 g/mol. The van der Waals surface area contributed by atoms with Crippen molar-refractivity contribution in [2.45, 2.75) is 6.16 Å². The number of ether oxygens (including phenoxy) is 1. The lowest BCUT2D eigenvalue weighted by molar-refractivity contribution is -0.00000579. The number of hydrogen-bond donors (Lipinski definition) is 0. The molecule has 0 saturated heterocycles. The second kappa shape index (κ2) is 9.87. The van der Waals surface area contributed by atoms with Gasteiger partial charge in [0.25, 0.3) is 0 Å². The van der Waals surface area contributed by atoms with E-state index in [2.05, 4.69) is 109 Å². The molecule has 0 unspecified atom stereocenters. The van der Waals surface area contributed by atoms with Crippen molar-refractivity contribution in [3.8, 4) is 5.75 Å². The van der Waals surface area contributed by atoms with E-state index in [0.29, 0.717) is 0 Å². The maximum absolute atomic E-state index is 5.50. The van der Waals surface area contributed by atoms with E-state index in [1.165, 1.54) is 21.5 Å². The van der Waals surface area contributed by atoms with Gasteiger partial charge < -0.3 is 21.7 Å². The zero-order valence-electron chi connectivity index (χ0n) is 16.4. The van der Waals surface area contributed by atoms with Gasteiger partial charge in [-0.15, -0.1) is 0 Å².